The summed E-state index contributed by atoms with van der Waals surface area (Å²) in [7, 11) is 0. The summed E-state index contributed by atoms with van der Waals surface area (Å²) < 4.78 is 0. The highest BCUT2D eigenvalue weighted by molar-refractivity contribution is 5.92. The number of hydrogen-bond acceptors (Lipinski definition) is 3. The van der Waals surface area contributed by atoms with Crippen LogP contribution >= 0.6 is 0 Å². The van der Waals surface area contributed by atoms with Crippen molar-refractivity contribution < 1.29 is 4.79 Å². The Kier molecular flexibility index (Phi) is 4.33. The molecule has 2 unspecified atom stereocenters. The third-order valence-electron chi connectivity index (χ3n) is 5.40. The molecule has 0 saturated carbocycles. The second-order valence-corrected chi connectivity index (χ2v) is 7.17. The molecule has 2 heterocycles. The van der Waals surface area contributed by atoms with Crippen molar-refractivity contribution in [2.45, 2.75) is 13.3 Å². The largest absolute Gasteiger partial charge is 0.384 e. The third-order valence-corrected chi connectivity index (χ3v) is 5.40. The van der Waals surface area contributed by atoms with E-state index in [1.807, 2.05) is 30.0 Å². The molecule has 0 bridgehead atoms. The quantitative estimate of drug-likeness (QED) is 0.866. The van der Waals surface area contributed by atoms with E-state index in [4.69, 9.17) is 5.73 Å². The van der Waals surface area contributed by atoms with E-state index in [1.54, 1.807) is 12.1 Å². The van der Waals surface area contributed by atoms with Crippen LogP contribution in [0.1, 0.15) is 23.2 Å². The molecule has 1 aromatic carbocycles. The molecule has 2 aliphatic rings. The maximum atomic E-state index is 12.6. The van der Waals surface area contributed by atoms with Gasteiger partial charge in [-0.1, -0.05) is 36.4 Å². The molecule has 4 rings (SSSR count). The summed E-state index contributed by atoms with van der Waals surface area (Å²) in [4.78, 5) is 18.7. The Morgan fingerprint density at radius 3 is 2.73 bits per heavy atom. The van der Waals surface area contributed by atoms with Crippen LogP contribution in [0.25, 0.3) is 11.6 Å². The molecule has 26 heavy (non-hydrogen) atoms. The van der Waals surface area contributed by atoms with Gasteiger partial charge in [0, 0.05) is 24.9 Å². The maximum absolute atomic E-state index is 12.6. The van der Waals surface area contributed by atoms with Crippen LogP contribution in [-0.4, -0.2) is 28.9 Å². The smallest absolute Gasteiger partial charge is 0.246 e. The van der Waals surface area contributed by atoms with Gasteiger partial charge in [0.25, 0.3) is 0 Å². The lowest BCUT2D eigenvalue weighted by molar-refractivity contribution is -0.125. The van der Waals surface area contributed by atoms with Gasteiger partial charge < -0.3 is 10.6 Å². The number of amides is 1. The molecule has 0 radical (unpaired) electrons. The van der Waals surface area contributed by atoms with Gasteiger partial charge in [-0.25, -0.2) is 4.98 Å². The number of carbonyl (C=O) groups excluding carboxylic acids is 1. The fraction of sp³-hybridized carbons (Fsp3) is 0.273. The molecule has 1 amide bonds. The SMILES string of the molecule is Cc1nc(N)ccc1/C=C/C(=O)N1CC2C=C(c3ccccc3)CC2C1. The number of fused-ring (bicyclic) bond motifs is 1. The lowest BCUT2D eigenvalue weighted by Gasteiger charge is -2.15. The van der Waals surface area contributed by atoms with Crippen molar-refractivity contribution in [2.24, 2.45) is 11.8 Å². The number of allylic oxidation sites excluding steroid dienone is 1. The maximum Gasteiger partial charge on any atom is 0.246 e. The average Bonchev–Trinajstić information content (AvgIpc) is 3.20. The van der Waals surface area contributed by atoms with E-state index in [0.717, 1.165) is 30.8 Å². The number of pyridine rings is 1. The molecule has 1 aliphatic carbocycles. The molecule has 4 nitrogen and oxygen atoms in total. The number of aromatic nitrogens is 1. The number of hydrogen-bond donors (Lipinski definition) is 1. The Balaban J connectivity index is 1.41. The minimum absolute atomic E-state index is 0.0743. The Bertz CT molecular complexity index is 886. The van der Waals surface area contributed by atoms with E-state index >= 15 is 0 Å². The van der Waals surface area contributed by atoms with Gasteiger partial charge in [0.1, 0.15) is 5.82 Å². The molecule has 132 valence electrons. The molecule has 1 fully saturated rings. The van der Waals surface area contributed by atoms with Gasteiger partial charge in [0.2, 0.25) is 5.91 Å². The summed E-state index contributed by atoms with van der Waals surface area (Å²) in [6.07, 6.45) is 6.92. The highest BCUT2D eigenvalue weighted by Gasteiger charge is 2.37. The van der Waals surface area contributed by atoms with Crippen LogP contribution in [0.15, 0.2) is 54.6 Å². The number of nitrogen functional groups attached to an aromatic ring is 1. The highest BCUT2D eigenvalue weighted by atomic mass is 16.2. The fourth-order valence-corrected chi connectivity index (χ4v) is 3.99. The predicted octanol–water partition coefficient (Wildman–Crippen LogP) is 3.55. The van der Waals surface area contributed by atoms with E-state index < -0.39 is 0 Å². The van der Waals surface area contributed by atoms with Crippen LogP contribution in [0.5, 0.6) is 0 Å². The van der Waals surface area contributed by atoms with Crippen molar-refractivity contribution in [3.63, 3.8) is 0 Å². The van der Waals surface area contributed by atoms with Gasteiger partial charge in [-0.15, -0.1) is 0 Å². The van der Waals surface area contributed by atoms with Gasteiger partial charge in [0.15, 0.2) is 0 Å². The summed E-state index contributed by atoms with van der Waals surface area (Å²) >= 11 is 0. The van der Waals surface area contributed by atoms with Crippen LogP contribution < -0.4 is 5.73 Å². The second-order valence-electron chi connectivity index (χ2n) is 7.17. The first kappa shape index (κ1) is 16.6. The third kappa shape index (κ3) is 3.27. The molecular formula is C22H23N3O. The number of aryl methyl sites for hydroxylation is 1. The molecule has 1 aromatic heterocycles. The molecule has 1 saturated heterocycles. The fourth-order valence-electron chi connectivity index (χ4n) is 3.99. The molecular weight excluding hydrogens is 322 g/mol. The van der Waals surface area contributed by atoms with Gasteiger partial charge in [-0.3, -0.25) is 4.79 Å². The van der Waals surface area contributed by atoms with Crippen molar-refractivity contribution in [2.75, 3.05) is 18.8 Å². The summed E-state index contributed by atoms with van der Waals surface area (Å²) in [5.41, 5.74) is 10.2. The first-order valence-corrected chi connectivity index (χ1v) is 9.06. The molecule has 2 atom stereocenters. The summed E-state index contributed by atoms with van der Waals surface area (Å²) in [6, 6.07) is 14.2. The van der Waals surface area contributed by atoms with Crippen LogP contribution in [0, 0.1) is 18.8 Å². The van der Waals surface area contributed by atoms with E-state index in [2.05, 4.69) is 35.3 Å². The Morgan fingerprint density at radius 2 is 2.00 bits per heavy atom. The zero-order valence-electron chi connectivity index (χ0n) is 14.9. The first-order valence-electron chi connectivity index (χ1n) is 9.06. The summed E-state index contributed by atoms with van der Waals surface area (Å²) in [5, 5.41) is 0. The van der Waals surface area contributed by atoms with E-state index in [9.17, 15) is 4.79 Å². The standard InChI is InChI=1S/C22H23N3O/c1-15-16(7-9-21(23)24-15)8-10-22(26)25-13-19-11-18(12-20(19)14-25)17-5-3-2-4-6-17/h2-11,19-20H,12-14H2,1H3,(H2,23,24)/b10-8+. The van der Waals surface area contributed by atoms with Crippen LogP contribution in [0.2, 0.25) is 0 Å². The first-order chi connectivity index (χ1) is 12.6. The molecule has 2 aromatic rings. The van der Waals surface area contributed by atoms with Crippen molar-refractivity contribution in [3.05, 3.63) is 71.4 Å². The number of rotatable bonds is 3. The number of nitrogens with zero attached hydrogens (tertiary/aromatic N) is 2. The summed E-state index contributed by atoms with van der Waals surface area (Å²) in [6.45, 7) is 3.54. The van der Waals surface area contributed by atoms with Crippen molar-refractivity contribution in [3.8, 4) is 0 Å². The van der Waals surface area contributed by atoms with Gasteiger partial charge >= 0.3 is 0 Å². The Morgan fingerprint density at radius 1 is 1.19 bits per heavy atom. The zero-order chi connectivity index (χ0) is 18.1. The number of likely N-dealkylation sites (tertiary alicyclic amines) is 1. The number of nitrogens with two attached hydrogens (primary N) is 1. The highest BCUT2D eigenvalue weighted by Crippen LogP contribution is 2.40. The monoisotopic (exact) mass is 345 g/mol. The lowest BCUT2D eigenvalue weighted by atomic mass is 9.98. The molecule has 0 spiro atoms. The Labute approximate surface area is 154 Å². The van der Waals surface area contributed by atoms with E-state index in [-0.39, 0.29) is 5.91 Å². The van der Waals surface area contributed by atoms with Crippen LogP contribution in [-0.2, 0) is 4.79 Å². The van der Waals surface area contributed by atoms with Crippen LogP contribution in [0.4, 0.5) is 5.82 Å². The number of carbonyl (C=O) groups is 1. The van der Waals surface area contributed by atoms with Gasteiger partial charge in [0.05, 0.1) is 0 Å². The summed E-state index contributed by atoms with van der Waals surface area (Å²) in [5.74, 6) is 1.59. The average molecular weight is 345 g/mol. The number of benzene rings is 1. The predicted molar refractivity (Wildman–Crippen MR) is 105 cm³/mol. The minimum Gasteiger partial charge on any atom is -0.384 e. The lowest BCUT2D eigenvalue weighted by Crippen LogP contribution is -2.27. The second kappa shape index (κ2) is 6.79. The van der Waals surface area contributed by atoms with Crippen molar-refractivity contribution in [1.29, 1.82) is 0 Å². The topological polar surface area (TPSA) is 59.2 Å². The van der Waals surface area contributed by atoms with Gasteiger partial charge in [-0.05, 0) is 60.1 Å². The van der Waals surface area contributed by atoms with E-state index in [1.165, 1.54) is 11.1 Å². The molecule has 1 aliphatic heterocycles. The van der Waals surface area contributed by atoms with Crippen molar-refractivity contribution >= 4 is 23.4 Å². The van der Waals surface area contributed by atoms with E-state index in [0.29, 0.717) is 17.7 Å². The zero-order valence-corrected chi connectivity index (χ0v) is 14.9. The molecule has 2 N–H and O–H groups in total. The van der Waals surface area contributed by atoms with Crippen molar-refractivity contribution in [1.82, 2.24) is 9.88 Å². The van der Waals surface area contributed by atoms with Gasteiger partial charge in [-0.2, -0.15) is 0 Å². The number of anilines is 1. The normalized spacial score (nSPS) is 21.9. The minimum atomic E-state index is 0.0743. The Hall–Kier alpha value is -2.88. The molecule has 4 heteroatoms. The van der Waals surface area contributed by atoms with Crippen LogP contribution in [0.3, 0.4) is 0 Å².